The Kier molecular flexibility index (Phi) is 3.60. The Labute approximate surface area is 127 Å². The molecule has 22 heavy (non-hydrogen) atoms. The van der Waals surface area contributed by atoms with Crippen molar-refractivity contribution >= 4 is 17.9 Å². The molecular formula is C15H18N2O5. The highest BCUT2D eigenvalue weighted by Crippen LogP contribution is 2.34. The quantitative estimate of drug-likeness (QED) is 0.818. The predicted molar refractivity (Wildman–Crippen MR) is 77.4 cm³/mol. The zero-order chi connectivity index (χ0) is 16.7. The molecule has 1 atom stereocenters. The van der Waals surface area contributed by atoms with E-state index in [-0.39, 0.29) is 0 Å². The summed E-state index contributed by atoms with van der Waals surface area (Å²) in [6, 6.07) is 5.99. The first-order chi connectivity index (χ1) is 10.1. The summed E-state index contributed by atoms with van der Waals surface area (Å²) in [4.78, 5) is 37.0. The van der Waals surface area contributed by atoms with Crippen LogP contribution in [0.4, 0.5) is 4.79 Å². The first-order valence-corrected chi connectivity index (χ1v) is 6.69. The number of aliphatic carboxylic acids is 1. The maximum atomic E-state index is 12.7. The van der Waals surface area contributed by atoms with Gasteiger partial charge in [-0.2, -0.15) is 0 Å². The van der Waals surface area contributed by atoms with Gasteiger partial charge in [-0.15, -0.1) is 0 Å². The van der Waals surface area contributed by atoms with E-state index in [1.54, 1.807) is 31.2 Å². The molecule has 1 aromatic carbocycles. The number of hydrogen-bond donors (Lipinski definition) is 2. The Hall–Kier alpha value is -2.57. The second-order valence-electron chi connectivity index (χ2n) is 5.79. The first kappa shape index (κ1) is 15.8. The molecule has 0 aromatic heterocycles. The van der Waals surface area contributed by atoms with Gasteiger partial charge in [-0.05, 0) is 38.5 Å². The van der Waals surface area contributed by atoms with Crippen molar-refractivity contribution in [3.63, 3.8) is 0 Å². The molecule has 1 saturated heterocycles. The third-order valence-corrected chi connectivity index (χ3v) is 3.92. The SMILES string of the molecule is COc1cccc(C2(C)NC(=O)N(C(C)(C)C(=O)O)C2=O)c1. The number of nitrogens with one attached hydrogen (secondary N) is 1. The summed E-state index contributed by atoms with van der Waals surface area (Å²) in [7, 11) is 1.50. The molecule has 1 aliphatic rings. The van der Waals surface area contributed by atoms with Crippen LogP contribution < -0.4 is 10.1 Å². The number of amides is 3. The number of benzene rings is 1. The number of nitrogens with zero attached hydrogens (tertiary/aromatic N) is 1. The van der Waals surface area contributed by atoms with Crippen molar-refractivity contribution in [2.45, 2.75) is 31.8 Å². The number of methoxy groups -OCH3 is 1. The Morgan fingerprint density at radius 1 is 1.36 bits per heavy atom. The minimum Gasteiger partial charge on any atom is -0.497 e. The lowest BCUT2D eigenvalue weighted by Gasteiger charge is -2.30. The monoisotopic (exact) mass is 306 g/mol. The van der Waals surface area contributed by atoms with Crippen LogP contribution in [-0.4, -0.2) is 40.6 Å². The molecule has 1 fully saturated rings. The molecular weight excluding hydrogens is 288 g/mol. The fraction of sp³-hybridized carbons (Fsp3) is 0.400. The van der Waals surface area contributed by atoms with Crippen LogP contribution in [0.3, 0.4) is 0 Å². The minimum atomic E-state index is -1.64. The number of urea groups is 1. The number of carboxylic acids is 1. The molecule has 1 aliphatic heterocycles. The van der Waals surface area contributed by atoms with Crippen molar-refractivity contribution < 1.29 is 24.2 Å². The largest absolute Gasteiger partial charge is 0.497 e. The van der Waals surface area contributed by atoms with Crippen LogP contribution in [-0.2, 0) is 15.1 Å². The highest BCUT2D eigenvalue weighted by molar-refractivity contribution is 6.10. The second kappa shape index (κ2) is 5.01. The molecule has 0 saturated carbocycles. The maximum absolute atomic E-state index is 12.7. The van der Waals surface area contributed by atoms with Crippen LogP contribution in [0.25, 0.3) is 0 Å². The summed E-state index contributed by atoms with van der Waals surface area (Å²) >= 11 is 0. The number of imide groups is 1. The molecule has 3 amide bonds. The van der Waals surface area contributed by atoms with E-state index in [4.69, 9.17) is 4.74 Å². The Balaban J connectivity index is 2.48. The molecule has 1 heterocycles. The van der Waals surface area contributed by atoms with Crippen LogP contribution >= 0.6 is 0 Å². The standard InChI is InChI=1S/C15H18N2O5/c1-14(2,12(19)20)17-11(18)15(3,16-13(17)21)9-6-5-7-10(8-9)22-4/h5-8H,1-4H3,(H,16,21)(H,19,20). The van der Waals surface area contributed by atoms with Crippen molar-refractivity contribution in [1.29, 1.82) is 0 Å². The van der Waals surface area contributed by atoms with Gasteiger partial charge in [0.05, 0.1) is 7.11 Å². The number of carbonyl (C=O) groups is 3. The molecule has 0 radical (unpaired) electrons. The average Bonchev–Trinajstić information content (AvgIpc) is 2.70. The Morgan fingerprint density at radius 3 is 2.55 bits per heavy atom. The summed E-state index contributed by atoms with van der Waals surface area (Å²) in [5.74, 6) is -1.33. The lowest BCUT2D eigenvalue weighted by molar-refractivity contribution is -0.153. The molecule has 2 rings (SSSR count). The highest BCUT2D eigenvalue weighted by atomic mass is 16.5. The maximum Gasteiger partial charge on any atom is 0.329 e. The van der Waals surface area contributed by atoms with Gasteiger partial charge in [-0.3, -0.25) is 4.79 Å². The summed E-state index contributed by atoms with van der Waals surface area (Å²) in [5.41, 5.74) is -2.45. The van der Waals surface area contributed by atoms with E-state index in [9.17, 15) is 19.5 Å². The van der Waals surface area contributed by atoms with E-state index < -0.39 is 29.0 Å². The summed E-state index contributed by atoms with van der Waals surface area (Å²) in [5, 5.41) is 11.8. The van der Waals surface area contributed by atoms with E-state index in [1.807, 2.05) is 0 Å². The van der Waals surface area contributed by atoms with E-state index in [0.717, 1.165) is 4.90 Å². The molecule has 0 spiro atoms. The van der Waals surface area contributed by atoms with Crippen molar-refractivity contribution in [3.05, 3.63) is 29.8 Å². The average molecular weight is 306 g/mol. The molecule has 118 valence electrons. The second-order valence-corrected chi connectivity index (χ2v) is 5.79. The molecule has 0 aliphatic carbocycles. The van der Waals surface area contributed by atoms with Crippen molar-refractivity contribution in [2.75, 3.05) is 7.11 Å². The number of rotatable bonds is 4. The smallest absolute Gasteiger partial charge is 0.329 e. The summed E-state index contributed by atoms with van der Waals surface area (Å²) in [6.07, 6.45) is 0. The molecule has 7 heteroatoms. The lowest BCUT2D eigenvalue weighted by Crippen LogP contribution is -2.54. The van der Waals surface area contributed by atoms with Crippen LogP contribution in [0.5, 0.6) is 5.75 Å². The topological polar surface area (TPSA) is 95.9 Å². The summed E-state index contributed by atoms with van der Waals surface area (Å²) < 4.78 is 5.12. The van der Waals surface area contributed by atoms with E-state index in [2.05, 4.69) is 5.32 Å². The van der Waals surface area contributed by atoms with E-state index in [0.29, 0.717) is 11.3 Å². The fourth-order valence-corrected chi connectivity index (χ4v) is 2.37. The normalized spacial score (nSPS) is 21.7. The molecule has 7 nitrogen and oxygen atoms in total. The molecule has 0 bridgehead atoms. The van der Waals surface area contributed by atoms with Gasteiger partial charge in [0.2, 0.25) is 0 Å². The van der Waals surface area contributed by atoms with Crippen molar-refractivity contribution in [1.82, 2.24) is 10.2 Å². The zero-order valence-electron chi connectivity index (χ0n) is 12.8. The van der Waals surface area contributed by atoms with Gasteiger partial charge in [0, 0.05) is 0 Å². The van der Waals surface area contributed by atoms with Crippen LogP contribution in [0.2, 0.25) is 0 Å². The third-order valence-electron chi connectivity index (χ3n) is 3.92. The minimum absolute atomic E-state index is 0.522. The highest BCUT2D eigenvalue weighted by Gasteiger charge is 2.56. The number of hydrogen-bond acceptors (Lipinski definition) is 4. The lowest BCUT2D eigenvalue weighted by atomic mass is 9.90. The number of carbonyl (C=O) groups excluding carboxylic acids is 2. The van der Waals surface area contributed by atoms with Crippen molar-refractivity contribution in [2.24, 2.45) is 0 Å². The van der Waals surface area contributed by atoms with Gasteiger partial charge >= 0.3 is 12.0 Å². The van der Waals surface area contributed by atoms with Crippen LogP contribution in [0.1, 0.15) is 26.3 Å². The Bertz CT molecular complexity index is 655. The van der Waals surface area contributed by atoms with E-state index >= 15 is 0 Å². The summed E-state index contributed by atoms with van der Waals surface area (Å²) in [6.45, 7) is 4.16. The third kappa shape index (κ3) is 2.18. The van der Waals surface area contributed by atoms with Crippen molar-refractivity contribution in [3.8, 4) is 5.75 Å². The zero-order valence-corrected chi connectivity index (χ0v) is 12.8. The van der Waals surface area contributed by atoms with Gasteiger partial charge in [-0.1, -0.05) is 12.1 Å². The number of ether oxygens (including phenoxy) is 1. The number of carboxylic acid groups (broad SMARTS) is 1. The molecule has 1 aromatic rings. The predicted octanol–water partition coefficient (Wildman–Crippen LogP) is 1.33. The van der Waals surface area contributed by atoms with Gasteiger partial charge in [0.1, 0.15) is 16.8 Å². The van der Waals surface area contributed by atoms with Gasteiger partial charge in [0.15, 0.2) is 0 Å². The van der Waals surface area contributed by atoms with Gasteiger partial charge in [0.25, 0.3) is 5.91 Å². The fourth-order valence-electron chi connectivity index (χ4n) is 2.37. The molecule has 1 unspecified atom stereocenters. The Morgan fingerprint density at radius 2 is 2.00 bits per heavy atom. The van der Waals surface area contributed by atoms with E-state index in [1.165, 1.54) is 21.0 Å². The van der Waals surface area contributed by atoms with Gasteiger partial charge < -0.3 is 15.2 Å². The van der Waals surface area contributed by atoms with Gasteiger partial charge in [-0.25, -0.2) is 14.5 Å². The van der Waals surface area contributed by atoms with Crippen LogP contribution in [0, 0.1) is 0 Å². The first-order valence-electron chi connectivity index (χ1n) is 6.69. The van der Waals surface area contributed by atoms with Crippen LogP contribution in [0.15, 0.2) is 24.3 Å². The molecule has 2 N–H and O–H groups in total.